The minimum absolute atomic E-state index is 0.00185. The Morgan fingerprint density at radius 3 is 2.61 bits per heavy atom. The molecule has 23 heavy (non-hydrogen) atoms. The zero-order valence-corrected chi connectivity index (χ0v) is 13.3. The predicted molar refractivity (Wildman–Crippen MR) is 86.0 cm³/mol. The van der Waals surface area contributed by atoms with Gasteiger partial charge in [0.15, 0.2) is 0 Å². The summed E-state index contributed by atoms with van der Waals surface area (Å²) in [6, 6.07) is 7.95. The first-order valence-electron chi connectivity index (χ1n) is 8.78. The maximum Gasteiger partial charge on any atom is 0.223 e. The van der Waals surface area contributed by atoms with Crippen LogP contribution in [0.2, 0.25) is 0 Å². The van der Waals surface area contributed by atoms with Gasteiger partial charge in [-0.2, -0.15) is 0 Å². The number of para-hydroxylation sites is 1. The number of Topliss-reactive ketones (excluding diaryl/α,β-unsaturated/α-hetero) is 1. The zero-order valence-electron chi connectivity index (χ0n) is 13.3. The lowest BCUT2D eigenvalue weighted by molar-refractivity contribution is -0.138. The predicted octanol–water partition coefficient (Wildman–Crippen LogP) is 3.02. The van der Waals surface area contributed by atoms with Crippen molar-refractivity contribution in [3.8, 4) is 5.75 Å². The number of amides is 1. The lowest BCUT2D eigenvalue weighted by atomic mass is 9.67. The Morgan fingerprint density at radius 1 is 1.09 bits per heavy atom. The van der Waals surface area contributed by atoms with E-state index in [2.05, 4.69) is 5.32 Å². The first-order chi connectivity index (χ1) is 11.2. The fourth-order valence-corrected chi connectivity index (χ4v) is 4.48. The highest BCUT2D eigenvalue weighted by atomic mass is 16.5. The first-order valence-corrected chi connectivity index (χ1v) is 8.78. The Labute approximate surface area is 136 Å². The Hall–Kier alpha value is -1.84. The van der Waals surface area contributed by atoms with E-state index in [1.54, 1.807) is 0 Å². The van der Waals surface area contributed by atoms with Gasteiger partial charge in [0.2, 0.25) is 5.91 Å². The number of rotatable bonds is 2. The number of benzene rings is 1. The second-order valence-electron chi connectivity index (χ2n) is 7.13. The summed E-state index contributed by atoms with van der Waals surface area (Å²) >= 11 is 0. The number of hydrogen-bond acceptors (Lipinski definition) is 3. The highest BCUT2D eigenvalue weighted by Crippen LogP contribution is 2.40. The molecule has 4 atom stereocenters. The third-order valence-corrected chi connectivity index (χ3v) is 5.69. The molecule has 2 bridgehead atoms. The van der Waals surface area contributed by atoms with Crippen molar-refractivity contribution in [2.24, 2.45) is 17.8 Å². The standard InChI is InChI=1S/C19H23NO3/c21-18-12-4-3-5-13(18)11-14(10-12)19(22)20-16-8-9-23-17-7-2-1-6-15(16)17/h1-2,6-7,12-14,16H,3-5,8-11H2,(H,20,22)/t12-,13+,14?,16-/m0/s1. The average Bonchev–Trinajstić information content (AvgIpc) is 2.55. The van der Waals surface area contributed by atoms with Crippen LogP contribution in [-0.2, 0) is 9.59 Å². The van der Waals surface area contributed by atoms with Gasteiger partial charge in [-0.3, -0.25) is 9.59 Å². The lowest BCUT2D eigenvalue weighted by Gasteiger charge is -2.37. The highest BCUT2D eigenvalue weighted by Gasteiger charge is 2.41. The molecule has 0 aromatic heterocycles. The molecular weight excluding hydrogens is 290 g/mol. The van der Waals surface area contributed by atoms with Crippen LogP contribution in [0.4, 0.5) is 0 Å². The molecule has 2 fully saturated rings. The van der Waals surface area contributed by atoms with E-state index in [9.17, 15) is 9.59 Å². The van der Waals surface area contributed by atoms with Gasteiger partial charge in [-0.15, -0.1) is 0 Å². The van der Waals surface area contributed by atoms with Crippen molar-refractivity contribution in [3.63, 3.8) is 0 Å². The SMILES string of the molecule is O=C(N[C@H]1CCOc2ccccc21)C1C[C@H]2CCC[C@@H](C1)C2=O. The summed E-state index contributed by atoms with van der Waals surface area (Å²) in [5, 5.41) is 3.22. The topological polar surface area (TPSA) is 55.4 Å². The van der Waals surface area contributed by atoms with Gasteiger partial charge >= 0.3 is 0 Å². The number of ketones is 1. The molecule has 2 saturated carbocycles. The summed E-state index contributed by atoms with van der Waals surface area (Å²) in [5.41, 5.74) is 1.07. The van der Waals surface area contributed by atoms with E-state index in [1.807, 2.05) is 24.3 Å². The van der Waals surface area contributed by atoms with E-state index in [0.29, 0.717) is 12.4 Å². The molecule has 4 heteroatoms. The van der Waals surface area contributed by atoms with E-state index in [0.717, 1.165) is 49.8 Å². The summed E-state index contributed by atoms with van der Waals surface area (Å²) in [4.78, 5) is 24.9. The number of ether oxygens (including phenoxy) is 1. The highest BCUT2D eigenvalue weighted by molar-refractivity contribution is 5.88. The summed E-state index contributed by atoms with van der Waals surface area (Å²) in [6.45, 7) is 0.635. The number of hydrogen-bond donors (Lipinski definition) is 1. The van der Waals surface area contributed by atoms with Crippen LogP contribution < -0.4 is 10.1 Å². The number of nitrogens with one attached hydrogen (secondary N) is 1. The van der Waals surface area contributed by atoms with Crippen LogP contribution >= 0.6 is 0 Å². The minimum atomic E-state index is -0.00185. The molecule has 1 unspecified atom stereocenters. The van der Waals surface area contributed by atoms with Gasteiger partial charge in [-0.1, -0.05) is 24.6 Å². The van der Waals surface area contributed by atoms with E-state index >= 15 is 0 Å². The van der Waals surface area contributed by atoms with Crippen LogP contribution in [0.1, 0.15) is 50.1 Å². The summed E-state index contributed by atoms with van der Waals surface area (Å²) in [5.74, 6) is 1.66. The molecule has 4 nitrogen and oxygen atoms in total. The Morgan fingerprint density at radius 2 is 1.83 bits per heavy atom. The molecule has 1 aliphatic heterocycles. The van der Waals surface area contributed by atoms with Crippen LogP contribution in [-0.4, -0.2) is 18.3 Å². The van der Waals surface area contributed by atoms with Crippen molar-refractivity contribution in [1.29, 1.82) is 0 Å². The van der Waals surface area contributed by atoms with E-state index < -0.39 is 0 Å². The van der Waals surface area contributed by atoms with Gasteiger partial charge < -0.3 is 10.1 Å². The van der Waals surface area contributed by atoms with Gasteiger partial charge in [-0.25, -0.2) is 0 Å². The molecule has 1 heterocycles. The molecular formula is C19H23NO3. The third kappa shape index (κ3) is 2.75. The van der Waals surface area contributed by atoms with Gasteiger partial charge in [-0.05, 0) is 31.7 Å². The normalized spacial score (nSPS) is 32.6. The molecule has 3 aliphatic rings. The monoisotopic (exact) mass is 313 g/mol. The molecule has 0 spiro atoms. The van der Waals surface area contributed by atoms with E-state index in [-0.39, 0.29) is 29.7 Å². The molecule has 1 N–H and O–H groups in total. The van der Waals surface area contributed by atoms with Gasteiger partial charge in [0, 0.05) is 29.7 Å². The molecule has 0 radical (unpaired) electrons. The molecule has 2 aliphatic carbocycles. The number of carbonyl (C=O) groups is 2. The molecule has 1 aromatic carbocycles. The van der Waals surface area contributed by atoms with Crippen LogP contribution in [0.25, 0.3) is 0 Å². The Balaban J connectivity index is 1.46. The summed E-state index contributed by atoms with van der Waals surface area (Å²) in [6.07, 6.45) is 5.38. The maximum atomic E-state index is 12.8. The second kappa shape index (κ2) is 5.99. The largest absolute Gasteiger partial charge is 0.493 e. The fourth-order valence-electron chi connectivity index (χ4n) is 4.48. The van der Waals surface area contributed by atoms with E-state index in [4.69, 9.17) is 4.74 Å². The Kier molecular flexibility index (Phi) is 3.83. The van der Waals surface area contributed by atoms with Crippen LogP contribution in [0.15, 0.2) is 24.3 Å². The lowest BCUT2D eigenvalue weighted by Crippen LogP contribution is -2.44. The molecule has 122 valence electrons. The van der Waals surface area contributed by atoms with Crippen molar-refractivity contribution >= 4 is 11.7 Å². The van der Waals surface area contributed by atoms with Gasteiger partial charge in [0.25, 0.3) is 0 Å². The van der Waals surface area contributed by atoms with Crippen molar-refractivity contribution in [2.75, 3.05) is 6.61 Å². The zero-order chi connectivity index (χ0) is 15.8. The summed E-state index contributed by atoms with van der Waals surface area (Å²) < 4.78 is 5.66. The molecule has 0 saturated heterocycles. The molecule has 1 amide bonds. The minimum Gasteiger partial charge on any atom is -0.493 e. The smallest absolute Gasteiger partial charge is 0.223 e. The van der Waals surface area contributed by atoms with Crippen LogP contribution in [0.3, 0.4) is 0 Å². The van der Waals surface area contributed by atoms with Crippen LogP contribution in [0.5, 0.6) is 5.75 Å². The Bertz CT molecular complexity index is 611. The van der Waals surface area contributed by atoms with Gasteiger partial charge in [0.05, 0.1) is 12.6 Å². The molecule has 1 aromatic rings. The first kappa shape index (κ1) is 14.7. The van der Waals surface area contributed by atoms with Crippen LogP contribution in [0, 0.1) is 17.8 Å². The number of carbonyl (C=O) groups excluding carboxylic acids is 2. The third-order valence-electron chi connectivity index (χ3n) is 5.69. The van der Waals surface area contributed by atoms with E-state index in [1.165, 1.54) is 0 Å². The maximum absolute atomic E-state index is 12.8. The average molecular weight is 313 g/mol. The van der Waals surface area contributed by atoms with Crippen molar-refractivity contribution in [1.82, 2.24) is 5.32 Å². The molecule has 4 rings (SSSR count). The van der Waals surface area contributed by atoms with Crippen molar-refractivity contribution in [3.05, 3.63) is 29.8 Å². The van der Waals surface area contributed by atoms with Crippen molar-refractivity contribution < 1.29 is 14.3 Å². The fraction of sp³-hybridized carbons (Fsp3) is 0.579. The quantitative estimate of drug-likeness (QED) is 0.913. The number of fused-ring (bicyclic) bond motifs is 3. The van der Waals surface area contributed by atoms with Crippen molar-refractivity contribution in [2.45, 2.75) is 44.6 Å². The summed E-state index contributed by atoms with van der Waals surface area (Å²) in [7, 11) is 0. The second-order valence-corrected chi connectivity index (χ2v) is 7.13. The van der Waals surface area contributed by atoms with Gasteiger partial charge in [0.1, 0.15) is 11.5 Å².